The van der Waals surface area contributed by atoms with Crippen LogP contribution in [0.2, 0.25) is 10.3 Å². The molecular weight excluding hydrogens is 265 g/mol. The molecule has 0 aliphatic heterocycles. The molecule has 0 unspecified atom stereocenters. The molecule has 0 aliphatic rings. The summed E-state index contributed by atoms with van der Waals surface area (Å²) in [5.41, 5.74) is 0. The van der Waals surface area contributed by atoms with Crippen molar-refractivity contribution in [2.24, 2.45) is 0 Å². The number of halogens is 2. The maximum absolute atomic E-state index is 5.88. The molecule has 1 heterocycles. The number of nitrogens with zero attached hydrogens (tertiary/aromatic N) is 2. The number of ether oxygens (including phenoxy) is 2. The van der Waals surface area contributed by atoms with E-state index in [9.17, 15) is 0 Å². The first-order valence-electron chi connectivity index (χ1n) is 5.22. The van der Waals surface area contributed by atoms with E-state index in [1.165, 1.54) is 6.20 Å². The zero-order valence-electron chi connectivity index (χ0n) is 9.58. The topological polar surface area (TPSA) is 56.3 Å². The summed E-state index contributed by atoms with van der Waals surface area (Å²) in [5, 5.41) is 3.69. The molecule has 0 aromatic carbocycles. The van der Waals surface area contributed by atoms with Crippen molar-refractivity contribution in [3.05, 3.63) is 16.5 Å². The average Bonchev–Trinajstić information content (AvgIpc) is 2.32. The number of rotatable bonds is 8. The fourth-order valence-electron chi connectivity index (χ4n) is 1.09. The summed E-state index contributed by atoms with van der Waals surface area (Å²) >= 11 is 11.5. The highest BCUT2D eigenvalue weighted by Gasteiger charge is 2.02. The number of aromatic nitrogens is 2. The van der Waals surface area contributed by atoms with Crippen LogP contribution >= 0.6 is 23.2 Å². The molecule has 0 bridgehead atoms. The van der Waals surface area contributed by atoms with E-state index in [0.717, 1.165) is 6.42 Å². The lowest BCUT2D eigenvalue weighted by Gasteiger charge is -2.07. The number of nitrogens with one attached hydrogen (secondary N) is 1. The van der Waals surface area contributed by atoms with E-state index in [0.29, 0.717) is 37.2 Å². The quantitative estimate of drug-likeness (QED) is 0.584. The fraction of sp³-hybridized carbons (Fsp3) is 0.600. The molecule has 96 valence electrons. The van der Waals surface area contributed by atoms with Crippen molar-refractivity contribution < 1.29 is 9.47 Å². The van der Waals surface area contributed by atoms with Crippen LogP contribution in [0.5, 0.6) is 0 Å². The highest BCUT2D eigenvalue weighted by Crippen LogP contribution is 2.18. The number of anilines is 1. The van der Waals surface area contributed by atoms with Crippen LogP contribution in [0.15, 0.2) is 6.20 Å². The Balaban J connectivity index is 2.15. The van der Waals surface area contributed by atoms with Crippen LogP contribution in [0.25, 0.3) is 0 Å². The maximum atomic E-state index is 5.88. The molecule has 0 saturated heterocycles. The summed E-state index contributed by atoms with van der Waals surface area (Å²) < 4.78 is 10.2. The normalized spacial score (nSPS) is 10.5. The van der Waals surface area contributed by atoms with Crippen LogP contribution in [0.1, 0.15) is 6.42 Å². The summed E-state index contributed by atoms with van der Waals surface area (Å²) in [5.74, 6) is 0.545. The summed E-state index contributed by atoms with van der Waals surface area (Å²) in [6, 6.07) is 0. The van der Waals surface area contributed by atoms with Gasteiger partial charge in [-0.05, 0) is 18.0 Å². The second-order valence-corrected chi connectivity index (χ2v) is 3.97. The Morgan fingerprint density at radius 2 is 2.12 bits per heavy atom. The van der Waals surface area contributed by atoms with Crippen molar-refractivity contribution in [1.29, 1.82) is 0 Å². The standard InChI is InChI=1S/C10H15Cl2N3O2/c1-16-5-6-17-4-2-3-13-9-8(11)7-14-10(12)15-9/h7H,2-6H2,1H3,(H,13,14,15). The Kier molecular flexibility index (Phi) is 7.19. The van der Waals surface area contributed by atoms with Gasteiger partial charge in [0.2, 0.25) is 5.28 Å². The third-order valence-corrected chi connectivity index (χ3v) is 2.36. The Morgan fingerprint density at radius 3 is 2.88 bits per heavy atom. The van der Waals surface area contributed by atoms with Crippen molar-refractivity contribution in [2.75, 3.05) is 38.8 Å². The van der Waals surface area contributed by atoms with E-state index in [4.69, 9.17) is 32.7 Å². The summed E-state index contributed by atoms with van der Waals surface area (Å²) in [6.45, 7) is 2.59. The van der Waals surface area contributed by atoms with Crippen LogP contribution < -0.4 is 5.32 Å². The van der Waals surface area contributed by atoms with E-state index in [1.807, 2.05) is 0 Å². The molecular formula is C10H15Cl2N3O2. The lowest BCUT2D eigenvalue weighted by atomic mass is 10.4. The summed E-state index contributed by atoms with van der Waals surface area (Å²) in [4.78, 5) is 7.73. The van der Waals surface area contributed by atoms with Gasteiger partial charge in [0.25, 0.3) is 0 Å². The molecule has 0 atom stereocenters. The number of methoxy groups -OCH3 is 1. The minimum Gasteiger partial charge on any atom is -0.382 e. The van der Waals surface area contributed by atoms with Gasteiger partial charge in [-0.15, -0.1) is 0 Å². The highest BCUT2D eigenvalue weighted by molar-refractivity contribution is 6.33. The van der Waals surface area contributed by atoms with Crippen molar-refractivity contribution in [1.82, 2.24) is 9.97 Å². The van der Waals surface area contributed by atoms with Gasteiger partial charge < -0.3 is 14.8 Å². The zero-order chi connectivity index (χ0) is 12.5. The Bertz CT molecular complexity index is 339. The molecule has 0 spiro atoms. The molecule has 1 aromatic heterocycles. The van der Waals surface area contributed by atoms with E-state index < -0.39 is 0 Å². The van der Waals surface area contributed by atoms with E-state index >= 15 is 0 Å². The monoisotopic (exact) mass is 279 g/mol. The van der Waals surface area contributed by atoms with E-state index in [2.05, 4.69) is 15.3 Å². The molecule has 1 rings (SSSR count). The molecule has 7 heteroatoms. The highest BCUT2D eigenvalue weighted by atomic mass is 35.5. The van der Waals surface area contributed by atoms with Crippen molar-refractivity contribution in [2.45, 2.75) is 6.42 Å². The van der Waals surface area contributed by atoms with E-state index in [-0.39, 0.29) is 5.28 Å². The van der Waals surface area contributed by atoms with Crippen molar-refractivity contribution in [3.63, 3.8) is 0 Å². The van der Waals surface area contributed by atoms with Gasteiger partial charge in [-0.1, -0.05) is 11.6 Å². The van der Waals surface area contributed by atoms with Crippen LogP contribution in [0.3, 0.4) is 0 Å². The van der Waals surface area contributed by atoms with Crippen LogP contribution in [-0.2, 0) is 9.47 Å². The van der Waals surface area contributed by atoms with Gasteiger partial charge in [-0.3, -0.25) is 0 Å². The Morgan fingerprint density at radius 1 is 1.29 bits per heavy atom. The largest absolute Gasteiger partial charge is 0.382 e. The lowest BCUT2D eigenvalue weighted by molar-refractivity contribution is 0.0705. The predicted molar refractivity (Wildman–Crippen MR) is 67.9 cm³/mol. The molecule has 5 nitrogen and oxygen atoms in total. The van der Waals surface area contributed by atoms with Crippen LogP contribution in [-0.4, -0.2) is 43.4 Å². The smallest absolute Gasteiger partial charge is 0.224 e. The molecule has 0 fully saturated rings. The third-order valence-electron chi connectivity index (χ3n) is 1.90. The maximum Gasteiger partial charge on any atom is 0.224 e. The second kappa shape index (κ2) is 8.47. The first-order chi connectivity index (χ1) is 8.24. The third kappa shape index (κ3) is 6.02. The van der Waals surface area contributed by atoms with Crippen molar-refractivity contribution >= 4 is 29.0 Å². The minimum atomic E-state index is 0.174. The molecule has 0 radical (unpaired) electrons. The first kappa shape index (κ1) is 14.4. The van der Waals surface area contributed by atoms with Crippen LogP contribution in [0.4, 0.5) is 5.82 Å². The molecule has 0 aliphatic carbocycles. The molecule has 1 aromatic rings. The van der Waals surface area contributed by atoms with Crippen molar-refractivity contribution in [3.8, 4) is 0 Å². The van der Waals surface area contributed by atoms with Crippen LogP contribution in [0, 0.1) is 0 Å². The Hall–Kier alpha value is -0.620. The molecule has 17 heavy (non-hydrogen) atoms. The zero-order valence-corrected chi connectivity index (χ0v) is 11.1. The molecule has 1 N–H and O–H groups in total. The molecule has 0 amide bonds. The number of hydrogen-bond donors (Lipinski definition) is 1. The summed E-state index contributed by atoms with van der Waals surface area (Å²) in [6.07, 6.45) is 2.32. The Labute approximate surface area is 110 Å². The second-order valence-electron chi connectivity index (χ2n) is 3.22. The predicted octanol–water partition coefficient (Wildman–Crippen LogP) is 2.25. The lowest BCUT2D eigenvalue weighted by Crippen LogP contribution is -2.09. The molecule has 0 saturated carbocycles. The average molecular weight is 280 g/mol. The van der Waals surface area contributed by atoms with Gasteiger partial charge in [0, 0.05) is 20.3 Å². The number of hydrogen-bond acceptors (Lipinski definition) is 5. The summed E-state index contributed by atoms with van der Waals surface area (Å²) in [7, 11) is 1.64. The van der Waals surface area contributed by atoms with Gasteiger partial charge in [-0.2, -0.15) is 4.98 Å². The van der Waals surface area contributed by atoms with Gasteiger partial charge in [0.1, 0.15) is 10.8 Å². The van der Waals surface area contributed by atoms with Gasteiger partial charge in [0.15, 0.2) is 0 Å². The van der Waals surface area contributed by atoms with Gasteiger partial charge >= 0.3 is 0 Å². The minimum absolute atomic E-state index is 0.174. The van der Waals surface area contributed by atoms with E-state index in [1.54, 1.807) is 7.11 Å². The fourth-order valence-corrected chi connectivity index (χ4v) is 1.39. The van der Waals surface area contributed by atoms with Gasteiger partial charge in [0.05, 0.1) is 19.4 Å². The SMILES string of the molecule is COCCOCCCNc1nc(Cl)ncc1Cl. The first-order valence-corrected chi connectivity index (χ1v) is 5.98. The van der Waals surface area contributed by atoms with Gasteiger partial charge in [-0.25, -0.2) is 4.98 Å².